The average molecular weight is 302 g/mol. The fourth-order valence-corrected chi connectivity index (χ4v) is 2.89. The van der Waals surface area contributed by atoms with Crippen LogP contribution in [0, 0.1) is 6.92 Å². The van der Waals surface area contributed by atoms with E-state index >= 15 is 0 Å². The molecule has 1 aliphatic carbocycles. The molecular weight excluding hydrogens is 284 g/mol. The van der Waals surface area contributed by atoms with Gasteiger partial charge < -0.3 is 10.2 Å². The van der Waals surface area contributed by atoms with Crippen molar-refractivity contribution >= 4 is 17.4 Å². The quantitative estimate of drug-likeness (QED) is 0.924. The van der Waals surface area contributed by atoms with Crippen molar-refractivity contribution in [3.05, 3.63) is 46.2 Å². The fraction of sp³-hybridized carbons (Fsp3) is 0.400. The van der Waals surface area contributed by atoms with Crippen LogP contribution in [0.25, 0.3) is 0 Å². The standard InChI is InChI=1S/C15H18N4OS/c1-11-10-21-14(18-11)8-17-15(20)19(13-2-3-13)9-12-4-6-16-7-5-12/h4-7,10,13H,2-3,8-9H2,1H3,(H,17,20). The van der Waals surface area contributed by atoms with E-state index in [0.717, 1.165) is 29.1 Å². The molecule has 1 N–H and O–H groups in total. The maximum Gasteiger partial charge on any atom is 0.318 e. The summed E-state index contributed by atoms with van der Waals surface area (Å²) in [5.74, 6) is 0. The number of hydrogen-bond donors (Lipinski definition) is 1. The monoisotopic (exact) mass is 302 g/mol. The summed E-state index contributed by atoms with van der Waals surface area (Å²) in [4.78, 5) is 22.7. The number of nitrogens with zero attached hydrogens (tertiary/aromatic N) is 3. The summed E-state index contributed by atoms with van der Waals surface area (Å²) >= 11 is 1.58. The SMILES string of the molecule is Cc1csc(CNC(=O)N(Cc2ccncc2)C2CC2)n1. The second kappa shape index (κ2) is 6.22. The molecule has 5 nitrogen and oxygen atoms in total. The van der Waals surface area contributed by atoms with E-state index in [2.05, 4.69) is 15.3 Å². The Hall–Kier alpha value is -1.95. The van der Waals surface area contributed by atoms with Crippen LogP contribution in [-0.2, 0) is 13.1 Å². The molecule has 1 fully saturated rings. The molecular formula is C15H18N4OS. The normalized spacial score (nSPS) is 14.0. The van der Waals surface area contributed by atoms with E-state index in [-0.39, 0.29) is 6.03 Å². The van der Waals surface area contributed by atoms with Gasteiger partial charge in [0.15, 0.2) is 0 Å². The minimum atomic E-state index is -0.0119. The number of nitrogens with one attached hydrogen (secondary N) is 1. The zero-order valence-electron chi connectivity index (χ0n) is 12.0. The van der Waals surface area contributed by atoms with Crippen LogP contribution in [0.15, 0.2) is 29.9 Å². The Kier molecular flexibility index (Phi) is 4.15. The molecule has 110 valence electrons. The third-order valence-electron chi connectivity index (χ3n) is 3.41. The Balaban J connectivity index is 1.59. The van der Waals surface area contributed by atoms with Crippen molar-refractivity contribution in [1.29, 1.82) is 0 Å². The lowest BCUT2D eigenvalue weighted by molar-refractivity contribution is 0.191. The van der Waals surface area contributed by atoms with Crippen LogP contribution in [0.5, 0.6) is 0 Å². The number of carbonyl (C=O) groups is 1. The van der Waals surface area contributed by atoms with Gasteiger partial charge in [-0.25, -0.2) is 9.78 Å². The van der Waals surface area contributed by atoms with Gasteiger partial charge in [-0.15, -0.1) is 11.3 Å². The number of rotatable bonds is 5. The maximum atomic E-state index is 12.4. The summed E-state index contributed by atoms with van der Waals surface area (Å²) in [7, 11) is 0. The largest absolute Gasteiger partial charge is 0.331 e. The minimum Gasteiger partial charge on any atom is -0.331 e. The van der Waals surface area contributed by atoms with Gasteiger partial charge in [0.05, 0.1) is 6.54 Å². The maximum absolute atomic E-state index is 12.4. The number of amides is 2. The topological polar surface area (TPSA) is 58.1 Å². The highest BCUT2D eigenvalue weighted by Gasteiger charge is 2.32. The molecule has 0 radical (unpaired) electrons. The molecule has 1 saturated carbocycles. The van der Waals surface area contributed by atoms with Gasteiger partial charge in [0, 0.05) is 36.1 Å². The van der Waals surface area contributed by atoms with E-state index in [4.69, 9.17) is 0 Å². The smallest absolute Gasteiger partial charge is 0.318 e. The second-order valence-corrected chi connectivity index (χ2v) is 6.20. The second-order valence-electron chi connectivity index (χ2n) is 5.26. The van der Waals surface area contributed by atoms with Crippen LogP contribution in [-0.4, -0.2) is 26.9 Å². The predicted molar refractivity (Wildman–Crippen MR) is 81.9 cm³/mol. The van der Waals surface area contributed by atoms with Crippen molar-refractivity contribution in [3.8, 4) is 0 Å². The van der Waals surface area contributed by atoms with Crippen molar-refractivity contribution in [3.63, 3.8) is 0 Å². The van der Waals surface area contributed by atoms with E-state index in [1.165, 1.54) is 0 Å². The van der Waals surface area contributed by atoms with Crippen molar-refractivity contribution in [2.45, 2.75) is 38.9 Å². The molecule has 0 bridgehead atoms. The van der Waals surface area contributed by atoms with E-state index in [9.17, 15) is 4.79 Å². The molecule has 2 heterocycles. The van der Waals surface area contributed by atoms with E-state index < -0.39 is 0 Å². The Morgan fingerprint density at radius 1 is 1.43 bits per heavy atom. The van der Waals surface area contributed by atoms with Gasteiger partial charge in [0.2, 0.25) is 0 Å². The third-order valence-corrected chi connectivity index (χ3v) is 4.37. The number of carbonyl (C=O) groups excluding carboxylic acids is 1. The van der Waals surface area contributed by atoms with Crippen LogP contribution in [0.4, 0.5) is 4.79 Å². The predicted octanol–water partition coefficient (Wildman–Crippen LogP) is 2.72. The number of thiazole rings is 1. The number of aromatic nitrogens is 2. The molecule has 0 unspecified atom stereocenters. The Morgan fingerprint density at radius 2 is 2.19 bits per heavy atom. The summed E-state index contributed by atoms with van der Waals surface area (Å²) in [6, 6.07) is 4.26. The number of urea groups is 1. The van der Waals surface area contributed by atoms with Crippen LogP contribution < -0.4 is 5.32 Å². The van der Waals surface area contributed by atoms with Crippen molar-refractivity contribution in [2.24, 2.45) is 0 Å². The number of pyridine rings is 1. The fourth-order valence-electron chi connectivity index (χ4n) is 2.17. The zero-order valence-corrected chi connectivity index (χ0v) is 12.8. The van der Waals surface area contributed by atoms with Gasteiger partial charge in [-0.1, -0.05) is 0 Å². The first kappa shape index (κ1) is 14.0. The molecule has 1 aliphatic rings. The average Bonchev–Trinajstić information content (AvgIpc) is 3.25. The Bertz CT molecular complexity index is 609. The summed E-state index contributed by atoms with van der Waals surface area (Å²) in [5.41, 5.74) is 2.11. The summed E-state index contributed by atoms with van der Waals surface area (Å²) in [5, 5.41) is 5.92. The van der Waals surface area contributed by atoms with Gasteiger partial charge in [-0.05, 0) is 37.5 Å². The molecule has 6 heteroatoms. The Morgan fingerprint density at radius 3 is 2.81 bits per heavy atom. The third kappa shape index (κ3) is 3.78. The molecule has 0 aliphatic heterocycles. The Labute approximate surface area is 128 Å². The molecule has 2 aromatic heterocycles. The summed E-state index contributed by atoms with van der Waals surface area (Å²) in [6.45, 7) is 3.09. The number of aryl methyl sites for hydroxylation is 1. The van der Waals surface area contributed by atoms with Crippen LogP contribution in [0.2, 0.25) is 0 Å². The lowest BCUT2D eigenvalue weighted by Gasteiger charge is -2.22. The molecule has 3 rings (SSSR count). The molecule has 21 heavy (non-hydrogen) atoms. The van der Waals surface area contributed by atoms with E-state index in [0.29, 0.717) is 19.1 Å². The van der Waals surface area contributed by atoms with Crippen LogP contribution in [0.1, 0.15) is 29.1 Å². The van der Waals surface area contributed by atoms with Gasteiger partial charge >= 0.3 is 6.03 Å². The van der Waals surface area contributed by atoms with E-state index in [1.54, 1.807) is 23.7 Å². The lowest BCUT2D eigenvalue weighted by Crippen LogP contribution is -2.40. The van der Waals surface area contributed by atoms with Crippen LogP contribution >= 0.6 is 11.3 Å². The van der Waals surface area contributed by atoms with Crippen molar-refractivity contribution in [1.82, 2.24) is 20.2 Å². The summed E-state index contributed by atoms with van der Waals surface area (Å²) in [6.07, 6.45) is 5.71. The highest BCUT2D eigenvalue weighted by Crippen LogP contribution is 2.28. The van der Waals surface area contributed by atoms with E-state index in [1.807, 2.05) is 29.3 Å². The highest BCUT2D eigenvalue weighted by molar-refractivity contribution is 7.09. The molecule has 0 aromatic carbocycles. The number of hydrogen-bond acceptors (Lipinski definition) is 4. The molecule has 0 atom stereocenters. The highest BCUT2D eigenvalue weighted by atomic mass is 32.1. The van der Waals surface area contributed by atoms with Crippen molar-refractivity contribution < 1.29 is 4.79 Å². The molecule has 0 saturated heterocycles. The van der Waals surface area contributed by atoms with Gasteiger partial charge in [-0.2, -0.15) is 0 Å². The van der Waals surface area contributed by atoms with Crippen molar-refractivity contribution in [2.75, 3.05) is 0 Å². The minimum absolute atomic E-state index is 0.0119. The van der Waals surface area contributed by atoms with Crippen LogP contribution in [0.3, 0.4) is 0 Å². The molecule has 2 amide bonds. The lowest BCUT2D eigenvalue weighted by atomic mass is 10.2. The van der Waals surface area contributed by atoms with Gasteiger partial charge in [-0.3, -0.25) is 4.98 Å². The summed E-state index contributed by atoms with van der Waals surface area (Å²) < 4.78 is 0. The first-order chi connectivity index (χ1) is 10.2. The first-order valence-corrected chi connectivity index (χ1v) is 7.95. The molecule has 0 spiro atoms. The zero-order chi connectivity index (χ0) is 14.7. The van der Waals surface area contributed by atoms with Gasteiger partial charge in [0.1, 0.15) is 5.01 Å². The van der Waals surface area contributed by atoms with Gasteiger partial charge in [0.25, 0.3) is 0 Å². The molecule has 2 aromatic rings. The first-order valence-electron chi connectivity index (χ1n) is 7.07.